The molecule has 0 spiro atoms. The number of rotatable bonds is 4. The Hall–Kier alpha value is -2.08. The molecule has 1 aliphatic heterocycles. The zero-order valence-electron chi connectivity index (χ0n) is 12.3. The summed E-state index contributed by atoms with van der Waals surface area (Å²) in [6.07, 6.45) is 1.61. The summed E-state index contributed by atoms with van der Waals surface area (Å²) >= 11 is 0.928. The van der Waals surface area contributed by atoms with Gasteiger partial charge in [0.15, 0.2) is 5.78 Å². The van der Waals surface area contributed by atoms with Gasteiger partial charge < -0.3 is 4.42 Å². The minimum Gasteiger partial charge on any atom is -0.467 e. The number of imide groups is 1. The fourth-order valence-electron chi connectivity index (χ4n) is 2.48. The van der Waals surface area contributed by atoms with E-state index in [-0.39, 0.29) is 29.2 Å². The molecule has 0 aliphatic carbocycles. The van der Waals surface area contributed by atoms with E-state index in [9.17, 15) is 14.4 Å². The third kappa shape index (κ3) is 2.33. The van der Waals surface area contributed by atoms with Crippen molar-refractivity contribution in [1.82, 2.24) is 4.90 Å². The molecule has 1 aromatic heterocycles. The highest BCUT2D eigenvalue weighted by Crippen LogP contribution is 2.33. The van der Waals surface area contributed by atoms with Crippen molar-refractivity contribution in [1.29, 1.82) is 0 Å². The van der Waals surface area contributed by atoms with Crippen LogP contribution in [-0.4, -0.2) is 34.1 Å². The highest BCUT2D eigenvalue weighted by molar-refractivity contribution is 8.14. The number of carbonyl (C=O) groups is 3. The smallest absolute Gasteiger partial charge is 0.289 e. The van der Waals surface area contributed by atoms with Crippen LogP contribution >= 0.6 is 11.8 Å². The van der Waals surface area contributed by atoms with Gasteiger partial charge in [-0.15, -0.1) is 0 Å². The first-order valence-corrected chi connectivity index (χ1v) is 7.87. The molecule has 0 radical (unpaired) electrons. The third-order valence-electron chi connectivity index (χ3n) is 3.92. The van der Waals surface area contributed by atoms with E-state index in [1.165, 1.54) is 0 Å². The maximum atomic E-state index is 12.6. The Labute approximate surface area is 131 Å². The van der Waals surface area contributed by atoms with Crippen LogP contribution in [0.3, 0.4) is 0 Å². The quantitative estimate of drug-likeness (QED) is 0.867. The second kappa shape index (κ2) is 5.28. The standard InChI is InChI=1S/C16H15NO4S/c1-16(2,12(18)7-17-13(19)9-22-15(17)20)14-11-6-4-3-5-10(11)8-21-14/h3-6,8H,7,9H2,1-2H3. The lowest BCUT2D eigenvalue weighted by Gasteiger charge is -2.23. The van der Waals surface area contributed by atoms with Crippen LogP contribution in [0, 0.1) is 0 Å². The van der Waals surface area contributed by atoms with E-state index < -0.39 is 5.41 Å². The van der Waals surface area contributed by atoms with Crippen molar-refractivity contribution in [2.24, 2.45) is 0 Å². The van der Waals surface area contributed by atoms with Gasteiger partial charge in [-0.2, -0.15) is 0 Å². The normalized spacial score (nSPS) is 15.8. The van der Waals surface area contributed by atoms with Crippen molar-refractivity contribution in [3.8, 4) is 0 Å². The molecule has 5 nitrogen and oxygen atoms in total. The van der Waals surface area contributed by atoms with Crippen molar-refractivity contribution in [2.75, 3.05) is 12.3 Å². The molecular weight excluding hydrogens is 302 g/mol. The molecule has 1 aromatic carbocycles. The Bertz CT molecular complexity index is 761. The molecule has 0 unspecified atom stereocenters. The highest BCUT2D eigenvalue weighted by Gasteiger charge is 2.39. The van der Waals surface area contributed by atoms with Crippen molar-refractivity contribution in [3.63, 3.8) is 0 Å². The second-order valence-electron chi connectivity index (χ2n) is 5.73. The van der Waals surface area contributed by atoms with Gasteiger partial charge in [-0.25, -0.2) is 0 Å². The van der Waals surface area contributed by atoms with Crippen LogP contribution in [0.5, 0.6) is 0 Å². The first kappa shape index (κ1) is 14.8. The average molecular weight is 317 g/mol. The van der Waals surface area contributed by atoms with Gasteiger partial charge in [0.2, 0.25) is 5.91 Å². The molecular formula is C16H15NO4S. The molecule has 3 rings (SSSR count). The maximum Gasteiger partial charge on any atom is 0.289 e. The number of hydrogen-bond acceptors (Lipinski definition) is 5. The molecule has 2 amide bonds. The number of fused-ring (bicyclic) bond motifs is 1. The number of benzene rings is 1. The predicted octanol–water partition coefficient (Wildman–Crippen LogP) is 2.97. The number of ketones is 1. The van der Waals surface area contributed by atoms with Crippen LogP contribution in [0.1, 0.15) is 19.6 Å². The number of carbonyl (C=O) groups excluding carboxylic acids is 3. The van der Waals surface area contributed by atoms with Gasteiger partial charge in [-0.1, -0.05) is 36.0 Å². The number of hydrogen-bond donors (Lipinski definition) is 0. The molecule has 0 saturated carbocycles. The van der Waals surface area contributed by atoms with E-state index in [2.05, 4.69) is 0 Å². The maximum absolute atomic E-state index is 12.6. The summed E-state index contributed by atoms with van der Waals surface area (Å²) < 4.78 is 5.60. The molecule has 0 atom stereocenters. The van der Waals surface area contributed by atoms with Gasteiger partial charge in [-0.05, 0) is 13.8 Å². The van der Waals surface area contributed by atoms with Crippen LogP contribution in [0.25, 0.3) is 10.8 Å². The molecule has 6 heteroatoms. The topological polar surface area (TPSA) is 67.6 Å². The first-order valence-electron chi connectivity index (χ1n) is 6.88. The van der Waals surface area contributed by atoms with E-state index in [4.69, 9.17) is 4.42 Å². The van der Waals surface area contributed by atoms with Crippen molar-refractivity contribution < 1.29 is 18.8 Å². The highest BCUT2D eigenvalue weighted by atomic mass is 32.2. The zero-order chi connectivity index (χ0) is 15.9. The van der Waals surface area contributed by atoms with Crippen LogP contribution < -0.4 is 0 Å². The molecule has 114 valence electrons. The van der Waals surface area contributed by atoms with Crippen LogP contribution in [0.15, 0.2) is 34.9 Å². The predicted molar refractivity (Wildman–Crippen MR) is 83.8 cm³/mol. The minimum absolute atomic E-state index is 0.107. The SMILES string of the molecule is CC(C)(C(=O)CN1C(=O)CSC1=O)c1occ2ccccc12. The zero-order valence-corrected chi connectivity index (χ0v) is 13.1. The molecule has 0 N–H and O–H groups in total. The lowest BCUT2D eigenvalue weighted by molar-refractivity contribution is -0.131. The number of furan rings is 1. The Morgan fingerprint density at radius 2 is 2.05 bits per heavy atom. The molecule has 1 fully saturated rings. The van der Waals surface area contributed by atoms with Gasteiger partial charge in [-0.3, -0.25) is 19.3 Å². The summed E-state index contributed by atoms with van der Waals surface area (Å²) in [5, 5.41) is 1.43. The summed E-state index contributed by atoms with van der Waals surface area (Å²) in [6, 6.07) is 7.58. The van der Waals surface area contributed by atoms with E-state index in [0.29, 0.717) is 5.76 Å². The molecule has 2 heterocycles. The Balaban J connectivity index is 1.90. The second-order valence-corrected chi connectivity index (χ2v) is 6.66. The van der Waals surface area contributed by atoms with Gasteiger partial charge in [0.25, 0.3) is 5.24 Å². The molecule has 2 aromatic rings. The Morgan fingerprint density at radius 1 is 1.32 bits per heavy atom. The van der Waals surface area contributed by atoms with Crippen LogP contribution in [-0.2, 0) is 15.0 Å². The largest absolute Gasteiger partial charge is 0.467 e. The first-order chi connectivity index (χ1) is 10.4. The van der Waals surface area contributed by atoms with Crippen LogP contribution in [0.4, 0.5) is 4.79 Å². The fourth-order valence-corrected chi connectivity index (χ4v) is 3.20. The van der Waals surface area contributed by atoms with Gasteiger partial charge >= 0.3 is 0 Å². The lowest BCUT2D eigenvalue weighted by atomic mass is 9.83. The van der Waals surface area contributed by atoms with Gasteiger partial charge in [0, 0.05) is 10.8 Å². The van der Waals surface area contributed by atoms with Gasteiger partial charge in [0.1, 0.15) is 5.76 Å². The lowest BCUT2D eigenvalue weighted by Crippen LogP contribution is -2.41. The van der Waals surface area contributed by atoms with E-state index in [1.54, 1.807) is 20.1 Å². The summed E-state index contributed by atoms with van der Waals surface area (Å²) in [4.78, 5) is 36.9. The monoisotopic (exact) mass is 317 g/mol. The number of Topliss-reactive ketones (excluding diaryl/α,β-unsaturated/α-hetero) is 1. The van der Waals surface area contributed by atoms with Crippen molar-refractivity contribution in [3.05, 3.63) is 36.3 Å². The van der Waals surface area contributed by atoms with E-state index in [0.717, 1.165) is 27.4 Å². The minimum atomic E-state index is -0.920. The fraction of sp³-hybridized carbons (Fsp3) is 0.312. The van der Waals surface area contributed by atoms with E-state index >= 15 is 0 Å². The van der Waals surface area contributed by atoms with Crippen molar-refractivity contribution in [2.45, 2.75) is 19.3 Å². The molecule has 0 bridgehead atoms. The summed E-state index contributed by atoms with van der Waals surface area (Å²) in [5.41, 5.74) is -0.920. The van der Waals surface area contributed by atoms with E-state index in [1.807, 2.05) is 24.3 Å². The summed E-state index contributed by atoms with van der Waals surface area (Å²) in [6.45, 7) is 3.28. The number of amides is 2. The molecule has 1 aliphatic rings. The van der Waals surface area contributed by atoms with Crippen molar-refractivity contribution >= 4 is 39.5 Å². The van der Waals surface area contributed by atoms with Crippen LogP contribution in [0.2, 0.25) is 0 Å². The molecule has 22 heavy (non-hydrogen) atoms. The summed E-state index contributed by atoms with van der Waals surface area (Å²) in [7, 11) is 0. The number of thioether (sulfide) groups is 1. The average Bonchev–Trinajstić information content (AvgIpc) is 3.06. The Morgan fingerprint density at radius 3 is 2.73 bits per heavy atom. The number of nitrogens with zero attached hydrogens (tertiary/aromatic N) is 1. The van der Waals surface area contributed by atoms with Gasteiger partial charge in [0.05, 0.1) is 24.0 Å². The third-order valence-corrected chi connectivity index (χ3v) is 4.77. The molecule has 1 saturated heterocycles. The summed E-state index contributed by atoms with van der Waals surface area (Å²) in [5.74, 6) is 0.121. The Kier molecular flexibility index (Phi) is 3.56.